The van der Waals surface area contributed by atoms with Crippen molar-refractivity contribution in [1.82, 2.24) is 9.78 Å². The Bertz CT molecular complexity index is 551. The van der Waals surface area contributed by atoms with Crippen LogP contribution in [-0.4, -0.2) is 15.1 Å². The highest BCUT2D eigenvalue weighted by Gasteiger charge is 2.12. The van der Waals surface area contributed by atoms with Crippen LogP contribution >= 0.6 is 27.5 Å². The van der Waals surface area contributed by atoms with E-state index in [1.807, 2.05) is 36.9 Å². The van der Waals surface area contributed by atoms with Crippen LogP contribution < -0.4 is 0 Å². The summed E-state index contributed by atoms with van der Waals surface area (Å²) >= 11 is 9.65. The van der Waals surface area contributed by atoms with Gasteiger partial charge in [0.2, 0.25) is 0 Å². The molecule has 0 bridgehead atoms. The molecule has 4 heteroatoms. The van der Waals surface area contributed by atoms with Gasteiger partial charge in [0, 0.05) is 23.1 Å². The quantitative estimate of drug-likeness (QED) is 0.746. The molecule has 0 fully saturated rings. The highest BCUT2D eigenvalue weighted by atomic mass is 79.9. The van der Waals surface area contributed by atoms with Gasteiger partial charge in [-0.2, -0.15) is 5.10 Å². The Hall–Kier alpha value is -0.800. The molecule has 0 aliphatic heterocycles. The van der Waals surface area contributed by atoms with E-state index in [1.165, 1.54) is 11.3 Å². The second-order valence-corrected chi connectivity index (χ2v) is 6.04. The molecule has 1 aromatic carbocycles. The van der Waals surface area contributed by atoms with Gasteiger partial charge in [-0.3, -0.25) is 4.68 Å². The highest BCUT2D eigenvalue weighted by molar-refractivity contribution is 9.09. The second-order valence-electron chi connectivity index (χ2n) is 4.96. The Labute approximate surface area is 127 Å². The number of benzene rings is 1. The summed E-state index contributed by atoms with van der Waals surface area (Å²) in [5.74, 6) is 0.549. The number of aromatic nitrogens is 2. The van der Waals surface area contributed by atoms with Crippen molar-refractivity contribution >= 4 is 27.5 Å². The molecule has 2 aromatic rings. The van der Waals surface area contributed by atoms with Gasteiger partial charge in [-0.1, -0.05) is 39.7 Å². The number of halogens is 2. The summed E-state index contributed by atoms with van der Waals surface area (Å²) in [4.78, 5) is 0. The number of aryl methyl sites for hydroxylation is 2. The molecule has 1 unspecified atom stereocenters. The largest absolute Gasteiger partial charge is 0.272 e. The zero-order valence-electron chi connectivity index (χ0n) is 11.2. The van der Waals surface area contributed by atoms with Gasteiger partial charge >= 0.3 is 0 Å². The van der Waals surface area contributed by atoms with E-state index in [2.05, 4.69) is 33.2 Å². The van der Waals surface area contributed by atoms with E-state index < -0.39 is 0 Å². The molecule has 0 saturated carbocycles. The molecule has 102 valence electrons. The van der Waals surface area contributed by atoms with Gasteiger partial charge in [-0.05, 0) is 49.4 Å². The molecule has 0 aliphatic carbocycles. The Morgan fingerprint density at radius 2 is 2.11 bits per heavy atom. The van der Waals surface area contributed by atoms with Gasteiger partial charge in [0.15, 0.2) is 0 Å². The maximum Gasteiger partial charge on any atom is 0.0596 e. The lowest BCUT2D eigenvalue weighted by molar-refractivity contribution is 0.557. The predicted octanol–water partition coefficient (Wildman–Crippen LogP) is 4.18. The zero-order chi connectivity index (χ0) is 13.8. The van der Waals surface area contributed by atoms with Gasteiger partial charge < -0.3 is 0 Å². The van der Waals surface area contributed by atoms with E-state index in [0.717, 1.165) is 28.9 Å². The first-order valence-corrected chi connectivity index (χ1v) is 7.88. The minimum atomic E-state index is 0.549. The van der Waals surface area contributed by atoms with Crippen LogP contribution in [0.4, 0.5) is 0 Å². The number of hydrogen-bond donors (Lipinski definition) is 0. The van der Waals surface area contributed by atoms with Crippen molar-refractivity contribution in [3.63, 3.8) is 0 Å². The maximum absolute atomic E-state index is 6.03. The van der Waals surface area contributed by atoms with Gasteiger partial charge in [0.25, 0.3) is 0 Å². The molecule has 2 nitrogen and oxygen atoms in total. The summed E-state index contributed by atoms with van der Waals surface area (Å²) < 4.78 is 1.98. The number of nitrogens with zero attached hydrogens (tertiary/aromatic N) is 2. The predicted molar refractivity (Wildman–Crippen MR) is 84.1 cm³/mol. The second kappa shape index (κ2) is 6.58. The standard InChI is InChI=1S/C15H18BrClN2/c1-11-6-15(19(2)18-11)9-13(10-16)7-12-4-3-5-14(17)8-12/h3-6,8,13H,7,9-10H2,1-2H3. The van der Waals surface area contributed by atoms with Crippen molar-refractivity contribution < 1.29 is 0 Å². The summed E-state index contributed by atoms with van der Waals surface area (Å²) in [5.41, 5.74) is 3.65. The van der Waals surface area contributed by atoms with E-state index in [1.54, 1.807) is 0 Å². The molecular weight excluding hydrogens is 324 g/mol. The normalized spacial score (nSPS) is 12.6. The summed E-state index contributed by atoms with van der Waals surface area (Å²) in [6.07, 6.45) is 2.05. The number of rotatable bonds is 5. The molecule has 0 amide bonds. The van der Waals surface area contributed by atoms with Crippen LogP contribution in [0.25, 0.3) is 0 Å². The van der Waals surface area contributed by atoms with E-state index in [0.29, 0.717) is 5.92 Å². The number of alkyl halides is 1. The fraction of sp³-hybridized carbons (Fsp3) is 0.400. The molecule has 0 radical (unpaired) electrons. The highest BCUT2D eigenvalue weighted by Crippen LogP contribution is 2.19. The van der Waals surface area contributed by atoms with E-state index in [-0.39, 0.29) is 0 Å². The van der Waals surface area contributed by atoms with Gasteiger partial charge in [-0.25, -0.2) is 0 Å². The van der Waals surface area contributed by atoms with Crippen molar-refractivity contribution in [3.8, 4) is 0 Å². The van der Waals surface area contributed by atoms with Crippen molar-refractivity contribution in [3.05, 3.63) is 52.3 Å². The third-order valence-corrected chi connectivity index (χ3v) is 4.38. The van der Waals surface area contributed by atoms with Crippen LogP contribution in [0, 0.1) is 12.8 Å². The Kier molecular flexibility index (Phi) is 5.06. The molecule has 0 spiro atoms. The average molecular weight is 342 g/mol. The van der Waals surface area contributed by atoms with Crippen LogP contribution in [0.15, 0.2) is 30.3 Å². The third kappa shape index (κ3) is 4.08. The van der Waals surface area contributed by atoms with Crippen LogP contribution in [0.1, 0.15) is 17.0 Å². The lowest BCUT2D eigenvalue weighted by Gasteiger charge is -2.14. The van der Waals surface area contributed by atoms with Crippen LogP contribution in [0.3, 0.4) is 0 Å². The molecule has 0 saturated heterocycles. The van der Waals surface area contributed by atoms with Gasteiger partial charge in [0.05, 0.1) is 5.69 Å². The SMILES string of the molecule is Cc1cc(CC(CBr)Cc2cccc(Cl)c2)n(C)n1. The minimum absolute atomic E-state index is 0.549. The average Bonchev–Trinajstić information content (AvgIpc) is 2.67. The van der Waals surface area contributed by atoms with Crippen LogP contribution in [0.5, 0.6) is 0 Å². The smallest absolute Gasteiger partial charge is 0.0596 e. The first-order valence-electron chi connectivity index (χ1n) is 6.38. The van der Waals surface area contributed by atoms with Crippen molar-refractivity contribution in [1.29, 1.82) is 0 Å². The molecule has 0 aliphatic rings. The van der Waals surface area contributed by atoms with Crippen molar-refractivity contribution in [2.24, 2.45) is 13.0 Å². The minimum Gasteiger partial charge on any atom is -0.272 e. The molecule has 1 aromatic heterocycles. The molecule has 2 rings (SSSR count). The summed E-state index contributed by atoms with van der Waals surface area (Å²) in [7, 11) is 2.01. The van der Waals surface area contributed by atoms with Gasteiger partial charge in [0.1, 0.15) is 0 Å². The fourth-order valence-corrected chi connectivity index (χ4v) is 3.00. The summed E-state index contributed by atoms with van der Waals surface area (Å²) in [6, 6.07) is 10.3. The molecule has 1 atom stereocenters. The molecule has 0 N–H and O–H groups in total. The zero-order valence-corrected chi connectivity index (χ0v) is 13.6. The Morgan fingerprint density at radius 3 is 2.68 bits per heavy atom. The molecule has 19 heavy (non-hydrogen) atoms. The van der Waals surface area contributed by atoms with E-state index >= 15 is 0 Å². The monoisotopic (exact) mass is 340 g/mol. The van der Waals surface area contributed by atoms with Crippen molar-refractivity contribution in [2.45, 2.75) is 19.8 Å². The van der Waals surface area contributed by atoms with E-state index in [9.17, 15) is 0 Å². The third-order valence-electron chi connectivity index (χ3n) is 3.23. The molecular formula is C15H18BrClN2. The van der Waals surface area contributed by atoms with Crippen molar-refractivity contribution in [2.75, 3.05) is 5.33 Å². The van der Waals surface area contributed by atoms with Crippen LogP contribution in [-0.2, 0) is 19.9 Å². The topological polar surface area (TPSA) is 17.8 Å². The lowest BCUT2D eigenvalue weighted by Crippen LogP contribution is -2.12. The number of hydrogen-bond acceptors (Lipinski definition) is 1. The van der Waals surface area contributed by atoms with E-state index in [4.69, 9.17) is 11.6 Å². The molecule has 1 heterocycles. The lowest BCUT2D eigenvalue weighted by atomic mass is 9.96. The fourth-order valence-electron chi connectivity index (χ4n) is 2.33. The Morgan fingerprint density at radius 1 is 1.32 bits per heavy atom. The van der Waals surface area contributed by atoms with Gasteiger partial charge in [-0.15, -0.1) is 0 Å². The Balaban J connectivity index is 2.06. The summed E-state index contributed by atoms with van der Waals surface area (Å²) in [5, 5.41) is 6.18. The first-order chi connectivity index (χ1) is 9.08. The summed E-state index contributed by atoms with van der Waals surface area (Å²) in [6.45, 7) is 2.03. The van der Waals surface area contributed by atoms with Crippen LogP contribution in [0.2, 0.25) is 5.02 Å². The first kappa shape index (κ1) is 14.6. The maximum atomic E-state index is 6.03.